The topological polar surface area (TPSA) is 72.8 Å². The van der Waals surface area contributed by atoms with Crippen LogP contribution in [0, 0.1) is 10.8 Å². The number of rotatable bonds is 10. The molecule has 0 saturated carbocycles. The fraction of sp³-hybridized carbons (Fsp3) is 0.882. The minimum absolute atomic E-state index is 0.156. The molecule has 0 aliphatic rings. The highest BCUT2D eigenvalue weighted by Crippen LogP contribution is 2.43. The van der Waals surface area contributed by atoms with Crippen molar-refractivity contribution < 1.29 is 24.2 Å². The molecule has 0 amide bonds. The van der Waals surface area contributed by atoms with Crippen LogP contribution in [0.1, 0.15) is 54.4 Å². The molecular weight excluding hydrogens is 316 g/mol. The zero-order chi connectivity index (χ0) is 18.1. The third-order valence-corrected chi connectivity index (χ3v) is 4.97. The third kappa shape index (κ3) is 7.57. The fourth-order valence-corrected chi connectivity index (χ4v) is 2.53. The van der Waals surface area contributed by atoms with E-state index in [1.165, 1.54) is 11.8 Å². The number of esters is 2. The molecule has 0 aromatic rings. The number of hydrogen-bond donors (Lipinski definition) is 1. The molecule has 0 heterocycles. The average Bonchev–Trinajstić information content (AvgIpc) is 2.47. The van der Waals surface area contributed by atoms with Gasteiger partial charge in [-0.15, -0.1) is 0 Å². The largest absolute Gasteiger partial charge is 0.462 e. The summed E-state index contributed by atoms with van der Waals surface area (Å²) in [5, 5.41) is 9.81. The minimum Gasteiger partial charge on any atom is -0.462 e. The molecule has 0 aliphatic carbocycles. The van der Waals surface area contributed by atoms with Crippen LogP contribution < -0.4 is 0 Å². The van der Waals surface area contributed by atoms with Gasteiger partial charge in [-0.2, -0.15) is 11.8 Å². The molecule has 2 atom stereocenters. The highest BCUT2D eigenvalue weighted by atomic mass is 32.2. The van der Waals surface area contributed by atoms with E-state index in [4.69, 9.17) is 9.47 Å². The monoisotopic (exact) mass is 348 g/mol. The van der Waals surface area contributed by atoms with E-state index in [2.05, 4.69) is 0 Å². The van der Waals surface area contributed by atoms with Crippen molar-refractivity contribution in [1.29, 1.82) is 0 Å². The van der Waals surface area contributed by atoms with Crippen molar-refractivity contribution in [3.8, 4) is 0 Å². The maximum Gasteiger partial charge on any atom is 0.315 e. The van der Waals surface area contributed by atoms with Crippen LogP contribution >= 0.6 is 11.8 Å². The molecule has 0 saturated heterocycles. The summed E-state index contributed by atoms with van der Waals surface area (Å²) in [4.78, 5) is 23.8. The summed E-state index contributed by atoms with van der Waals surface area (Å²) in [5.74, 6) is 0.408. The molecule has 0 bridgehead atoms. The Balaban J connectivity index is 4.37. The number of carbonyl (C=O) groups excluding carboxylic acids is 2. The van der Waals surface area contributed by atoms with Gasteiger partial charge in [0.25, 0.3) is 0 Å². The van der Waals surface area contributed by atoms with Gasteiger partial charge < -0.3 is 14.6 Å². The van der Waals surface area contributed by atoms with E-state index >= 15 is 0 Å². The Morgan fingerprint density at radius 2 is 1.65 bits per heavy atom. The normalized spacial score (nSPS) is 15.6. The van der Waals surface area contributed by atoms with Gasteiger partial charge in [0.05, 0.1) is 11.2 Å². The summed E-state index contributed by atoms with van der Waals surface area (Å²) in [5.41, 5.74) is -0.856. The van der Waals surface area contributed by atoms with Gasteiger partial charge in [-0.1, -0.05) is 41.0 Å². The molecule has 0 spiro atoms. The van der Waals surface area contributed by atoms with Gasteiger partial charge in [-0.3, -0.25) is 9.59 Å². The molecule has 1 N–H and O–H groups in total. The molecule has 0 rings (SSSR count). The first kappa shape index (κ1) is 22.2. The maximum absolute atomic E-state index is 12.4. The van der Waals surface area contributed by atoms with Crippen LogP contribution in [0.15, 0.2) is 0 Å². The molecule has 136 valence electrons. The number of hydrogen-bond acceptors (Lipinski definition) is 6. The quantitative estimate of drug-likeness (QED) is 0.612. The van der Waals surface area contributed by atoms with Crippen molar-refractivity contribution >= 4 is 23.7 Å². The Kier molecular flexibility index (Phi) is 9.85. The Hall–Kier alpha value is -0.750. The lowest BCUT2D eigenvalue weighted by atomic mass is 9.65. The van der Waals surface area contributed by atoms with Crippen molar-refractivity contribution in [2.24, 2.45) is 10.8 Å². The summed E-state index contributed by atoms with van der Waals surface area (Å²) in [7, 11) is 0. The van der Waals surface area contributed by atoms with Crippen LogP contribution in [0.5, 0.6) is 0 Å². The molecule has 0 fully saturated rings. The molecule has 5 nitrogen and oxygen atoms in total. The Labute approximate surface area is 144 Å². The minimum atomic E-state index is -1.000. The third-order valence-electron chi connectivity index (χ3n) is 4.12. The van der Waals surface area contributed by atoms with Crippen LogP contribution in [0.25, 0.3) is 0 Å². The second kappa shape index (κ2) is 10.2. The first-order valence-corrected chi connectivity index (χ1v) is 9.32. The number of carbonyl (C=O) groups is 2. The second-order valence-electron chi connectivity index (χ2n) is 6.90. The molecule has 0 aliphatic heterocycles. The van der Waals surface area contributed by atoms with Gasteiger partial charge in [0.15, 0.2) is 0 Å². The van der Waals surface area contributed by atoms with Crippen LogP contribution in [0.3, 0.4) is 0 Å². The molecule has 6 heteroatoms. The average molecular weight is 349 g/mol. The standard InChI is InChI=1S/C17H32O5S/c1-7-9-17(6,16(3,4)5)15(20)22-11-13(18)10-21-14(19)12-23-8-2/h13,18H,7-12H2,1-6H3. The van der Waals surface area contributed by atoms with Crippen LogP contribution in [0.4, 0.5) is 0 Å². The van der Waals surface area contributed by atoms with E-state index in [0.29, 0.717) is 6.42 Å². The summed E-state index contributed by atoms with van der Waals surface area (Å²) in [6.07, 6.45) is 0.590. The highest BCUT2D eigenvalue weighted by molar-refractivity contribution is 7.99. The van der Waals surface area contributed by atoms with Crippen LogP contribution in [-0.2, 0) is 19.1 Å². The second-order valence-corrected chi connectivity index (χ2v) is 8.18. The van der Waals surface area contributed by atoms with E-state index in [1.54, 1.807) is 0 Å². The highest BCUT2D eigenvalue weighted by Gasteiger charge is 2.44. The van der Waals surface area contributed by atoms with E-state index in [9.17, 15) is 14.7 Å². The Bertz CT molecular complexity index is 378. The molecule has 0 aromatic carbocycles. The lowest BCUT2D eigenvalue weighted by Gasteiger charge is -2.39. The van der Waals surface area contributed by atoms with E-state index in [-0.39, 0.29) is 36.3 Å². The number of aliphatic hydroxyl groups is 1. The van der Waals surface area contributed by atoms with Crippen molar-refractivity contribution in [3.05, 3.63) is 0 Å². The van der Waals surface area contributed by atoms with E-state index in [1.807, 2.05) is 41.5 Å². The Morgan fingerprint density at radius 1 is 1.09 bits per heavy atom. The summed E-state index contributed by atoms with van der Waals surface area (Å²) in [6, 6.07) is 0. The molecule has 0 aromatic heterocycles. The summed E-state index contributed by atoms with van der Waals surface area (Å²) >= 11 is 1.46. The zero-order valence-corrected chi connectivity index (χ0v) is 16.1. The SMILES string of the molecule is CCCC(C)(C(=O)OCC(O)COC(=O)CSCC)C(C)(C)C. The van der Waals surface area contributed by atoms with Gasteiger partial charge >= 0.3 is 11.9 Å². The van der Waals surface area contributed by atoms with Crippen LogP contribution in [-0.4, -0.2) is 47.9 Å². The van der Waals surface area contributed by atoms with Crippen molar-refractivity contribution in [2.75, 3.05) is 24.7 Å². The smallest absolute Gasteiger partial charge is 0.315 e. The molecular formula is C17H32O5S. The summed E-state index contributed by atoms with van der Waals surface area (Å²) in [6.45, 7) is 11.6. The van der Waals surface area contributed by atoms with Gasteiger partial charge in [-0.05, 0) is 24.5 Å². The van der Waals surface area contributed by atoms with Crippen molar-refractivity contribution in [2.45, 2.75) is 60.5 Å². The van der Waals surface area contributed by atoms with E-state index in [0.717, 1.165) is 12.2 Å². The van der Waals surface area contributed by atoms with Gasteiger partial charge in [0, 0.05) is 0 Å². The van der Waals surface area contributed by atoms with Crippen LogP contribution in [0.2, 0.25) is 0 Å². The van der Waals surface area contributed by atoms with Gasteiger partial charge in [-0.25, -0.2) is 0 Å². The zero-order valence-electron chi connectivity index (χ0n) is 15.3. The van der Waals surface area contributed by atoms with E-state index < -0.39 is 11.5 Å². The van der Waals surface area contributed by atoms with Crippen molar-refractivity contribution in [3.63, 3.8) is 0 Å². The summed E-state index contributed by atoms with van der Waals surface area (Å²) < 4.78 is 10.2. The Morgan fingerprint density at radius 3 is 2.13 bits per heavy atom. The lowest BCUT2D eigenvalue weighted by Crippen LogP contribution is -2.42. The molecule has 2 unspecified atom stereocenters. The maximum atomic E-state index is 12.4. The van der Waals surface area contributed by atoms with Gasteiger partial charge in [0.2, 0.25) is 0 Å². The fourth-order valence-electron chi connectivity index (χ4n) is 2.08. The van der Waals surface area contributed by atoms with Crippen molar-refractivity contribution in [1.82, 2.24) is 0 Å². The molecule has 0 radical (unpaired) electrons. The predicted octanol–water partition coefficient (Wildman–Crippen LogP) is 3.04. The van der Waals surface area contributed by atoms with Gasteiger partial charge in [0.1, 0.15) is 19.3 Å². The number of thioether (sulfide) groups is 1. The lowest BCUT2D eigenvalue weighted by molar-refractivity contribution is -0.167. The first-order valence-electron chi connectivity index (χ1n) is 8.17. The first-order chi connectivity index (χ1) is 10.6. The molecule has 23 heavy (non-hydrogen) atoms. The number of aliphatic hydroxyl groups excluding tert-OH is 1. The number of ether oxygens (including phenoxy) is 2. The predicted molar refractivity (Wildman–Crippen MR) is 93.4 cm³/mol.